The second-order valence-corrected chi connectivity index (χ2v) is 14.2. The summed E-state index contributed by atoms with van der Waals surface area (Å²) in [5, 5.41) is 0. The number of hydrogen-bond donors (Lipinski definition) is 0. The van der Waals surface area contributed by atoms with Gasteiger partial charge in [-0.3, -0.25) is 14.2 Å². The minimum absolute atomic E-state index is 0.0896. The van der Waals surface area contributed by atoms with Crippen LogP contribution < -0.4 is 5.69 Å². The number of hydrogen-bond acceptors (Lipinski definition) is 7. The molecule has 0 saturated heterocycles. The van der Waals surface area contributed by atoms with Crippen molar-refractivity contribution in [1.82, 2.24) is 29.1 Å². The van der Waals surface area contributed by atoms with Gasteiger partial charge in [0.1, 0.15) is 23.9 Å². The fourth-order valence-corrected chi connectivity index (χ4v) is 6.73. The quantitative estimate of drug-likeness (QED) is 0.0785. The van der Waals surface area contributed by atoms with Crippen molar-refractivity contribution in [2.45, 2.75) is 182 Å². The largest absolute Gasteiger partial charge is 0.356 e. The van der Waals surface area contributed by atoms with E-state index in [-0.39, 0.29) is 35.2 Å². The van der Waals surface area contributed by atoms with E-state index in [1.54, 1.807) is 0 Å². The Kier molecular flexibility index (Phi) is 18.6. The number of imidazole rings is 2. The zero-order valence-electron chi connectivity index (χ0n) is 30.7. The molecule has 0 radical (unpaired) electrons. The highest BCUT2D eigenvalue weighted by atomic mass is 16.2. The summed E-state index contributed by atoms with van der Waals surface area (Å²) in [6, 6.07) is 0. The first-order valence-electron chi connectivity index (χ1n) is 19.6. The van der Waals surface area contributed by atoms with Gasteiger partial charge in [0.15, 0.2) is 11.5 Å². The molecule has 3 heterocycles. The topological polar surface area (TPSA) is 113 Å². The summed E-state index contributed by atoms with van der Waals surface area (Å²) in [5.41, 5.74) is 0.149. The maximum Gasteiger partial charge on any atom is 0.356 e. The van der Waals surface area contributed by atoms with Crippen LogP contribution in [0.1, 0.15) is 191 Å². The third-order valence-electron chi connectivity index (χ3n) is 9.93. The highest BCUT2D eigenvalue weighted by Crippen LogP contribution is 2.25. The van der Waals surface area contributed by atoms with Gasteiger partial charge in [-0.25, -0.2) is 24.3 Å². The Morgan fingerprint density at radius 1 is 0.604 bits per heavy atom. The van der Waals surface area contributed by atoms with Gasteiger partial charge in [-0.05, 0) is 12.8 Å². The predicted octanol–water partition coefficient (Wildman–Crippen LogP) is 10.4. The molecular formula is C39H64N6O3. The van der Waals surface area contributed by atoms with Gasteiger partial charge in [0.2, 0.25) is 11.8 Å². The summed E-state index contributed by atoms with van der Waals surface area (Å²) < 4.78 is 2.51. The number of unbranched alkanes of at least 4 members (excludes halogenated alkanes) is 20. The zero-order valence-corrected chi connectivity index (χ0v) is 30.7. The SMILES string of the molecule is CCCCCCCCCCCCCCCC(C)C(=O)n1c2ncnc3c(ncn3C(=O)C(C)CCCCCCCCCCC)c-2nc1=O. The lowest BCUT2D eigenvalue weighted by molar-refractivity contribution is 0.0829. The molecule has 0 aliphatic carbocycles. The third kappa shape index (κ3) is 12.5. The fourth-order valence-electron chi connectivity index (χ4n) is 6.73. The summed E-state index contributed by atoms with van der Waals surface area (Å²) >= 11 is 0. The Morgan fingerprint density at radius 3 is 1.52 bits per heavy atom. The lowest BCUT2D eigenvalue weighted by Gasteiger charge is -2.11. The Hall–Kier alpha value is -2.97. The van der Waals surface area contributed by atoms with Crippen LogP contribution in [-0.2, 0) is 0 Å². The summed E-state index contributed by atoms with van der Waals surface area (Å²) in [4.78, 5) is 57.2. The van der Waals surface area contributed by atoms with E-state index >= 15 is 0 Å². The highest BCUT2D eigenvalue weighted by molar-refractivity contribution is 5.95. The number of fused-ring (bicyclic) bond motifs is 3. The van der Waals surface area contributed by atoms with Gasteiger partial charge in [0, 0.05) is 11.8 Å². The molecule has 0 amide bonds. The molecular weight excluding hydrogens is 600 g/mol. The molecule has 268 valence electrons. The van der Waals surface area contributed by atoms with E-state index in [4.69, 9.17) is 0 Å². The second-order valence-electron chi connectivity index (χ2n) is 14.2. The van der Waals surface area contributed by atoms with Gasteiger partial charge < -0.3 is 0 Å². The van der Waals surface area contributed by atoms with Crippen LogP contribution in [0.5, 0.6) is 0 Å². The van der Waals surface area contributed by atoms with E-state index in [9.17, 15) is 14.4 Å². The number of aromatic nitrogens is 6. The fraction of sp³-hybridized carbons (Fsp3) is 0.769. The molecule has 48 heavy (non-hydrogen) atoms. The van der Waals surface area contributed by atoms with Crippen molar-refractivity contribution in [3.05, 3.63) is 23.1 Å². The van der Waals surface area contributed by atoms with Gasteiger partial charge in [0.25, 0.3) is 0 Å². The van der Waals surface area contributed by atoms with Crippen molar-refractivity contribution in [2.75, 3.05) is 0 Å². The van der Waals surface area contributed by atoms with Gasteiger partial charge in [-0.15, -0.1) is 0 Å². The monoisotopic (exact) mass is 665 g/mol. The van der Waals surface area contributed by atoms with Crippen LogP contribution in [0.2, 0.25) is 0 Å². The number of rotatable bonds is 26. The number of nitrogens with zero attached hydrogens (tertiary/aromatic N) is 6. The Bertz CT molecular complexity index is 1380. The molecule has 9 nitrogen and oxygen atoms in total. The van der Waals surface area contributed by atoms with Gasteiger partial charge in [0.05, 0.1) is 0 Å². The molecule has 0 bridgehead atoms. The third-order valence-corrected chi connectivity index (χ3v) is 9.93. The molecule has 0 fully saturated rings. The first kappa shape index (κ1) is 39.5. The molecule has 0 saturated carbocycles. The Morgan fingerprint density at radius 2 is 1.04 bits per heavy atom. The van der Waals surface area contributed by atoms with Crippen molar-refractivity contribution < 1.29 is 9.59 Å². The molecule has 0 spiro atoms. The van der Waals surface area contributed by atoms with Crippen molar-refractivity contribution in [3.63, 3.8) is 0 Å². The summed E-state index contributed by atoms with van der Waals surface area (Å²) in [5.74, 6) is -0.778. The Balaban J connectivity index is 1.46. The zero-order chi connectivity index (χ0) is 34.6. The summed E-state index contributed by atoms with van der Waals surface area (Å²) in [7, 11) is 0. The van der Waals surface area contributed by atoms with Gasteiger partial charge in [-0.2, -0.15) is 4.98 Å². The minimum Gasteiger partial charge on any atom is -0.274 e. The summed E-state index contributed by atoms with van der Waals surface area (Å²) in [6.45, 7) is 8.31. The first-order valence-corrected chi connectivity index (χ1v) is 19.6. The molecule has 1 aromatic rings. The van der Waals surface area contributed by atoms with Crippen molar-refractivity contribution >= 4 is 23.0 Å². The molecule has 0 N–H and O–H groups in total. The van der Waals surface area contributed by atoms with Gasteiger partial charge >= 0.3 is 5.69 Å². The van der Waals surface area contributed by atoms with Crippen LogP contribution in [0.25, 0.3) is 22.7 Å². The Labute approximate surface area is 289 Å². The van der Waals surface area contributed by atoms with Crippen molar-refractivity contribution in [2.24, 2.45) is 11.8 Å². The van der Waals surface area contributed by atoms with Crippen molar-refractivity contribution in [3.8, 4) is 11.5 Å². The molecule has 3 rings (SSSR count). The first-order chi connectivity index (χ1) is 23.4. The summed E-state index contributed by atoms with van der Waals surface area (Å²) in [6.07, 6.45) is 32.0. The number of carbonyl (C=O) groups excluding carboxylic acids is 2. The maximum absolute atomic E-state index is 13.4. The van der Waals surface area contributed by atoms with Crippen LogP contribution in [0.15, 0.2) is 17.4 Å². The molecule has 2 unspecified atom stereocenters. The molecule has 9 heteroatoms. The predicted molar refractivity (Wildman–Crippen MR) is 196 cm³/mol. The molecule has 2 aliphatic heterocycles. The van der Waals surface area contributed by atoms with E-state index in [0.717, 1.165) is 36.7 Å². The standard InChI is InChI=1S/C39H64N6O3/c1-5-7-9-11-13-15-16-17-18-20-22-24-26-28-32(4)38(47)45-36-34(43-39(45)48)33-35(40-29-41-36)44(30-42-33)37(46)31(3)27-25-23-21-19-14-12-10-8-6-2/h29-32H,5-28H2,1-4H3. The molecule has 0 aromatic carbocycles. The molecule has 2 aliphatic rings. The minimum atomic E-state index is -0.660. The molecule has 1 aromatic heterocycles. The smallest absolute Gasteiger partial charge is 0.274 e. The van der Waals surface area contributed by atoms with E-state index in [0.29, 0.717) is 17.6 Å². The second kappa shape index (κ2) is 22.6. The van der Waals surface area contributed by atoms with Crippen LogP contribution >= 0.6 is 0 Å². The molecule has 2 atom stereocenters. The maximum atomic E-state index is 13.4. The van der Waals surface area contributed by atoms with E-state index in [1.165, 1.54) is 133 Å². The van der Waals surface area contributed by atoms with Gasteiger partial charge in [-0.1, -0.05) is 169 Å². The van der Waals surface area contributed by atoms with E-state index in [2.05, 4.69) is 33.8 Å². The van der Waals surface area contributed by atoms with Crippen molar-refractivity contribution in [1.29, 1.82) is 0 Å². The van der Waals surface area contributed by atoms with Crippen LogP contribution in [0.4, 0.5) is 0 Å². The lowest BCUT2D eigenvalue weighted by Crippen LogP contribution is -2.29. The normalized spacial score (nSPS) is 13.0. The van der Waals surface area contributed by atoms with Crippen LogP contribution in [-0.4, -0.2) is 40.9 Å². The lowest BCUT2D eigenvalue weighted by atomic mass is 10.0. The average molecular weight is 665 g/mol. The highest BCUT2D eigenvalue weighted by Gasteiger charge is 2.28. The van der Waals surface area contributed by atoms with Crippen LogP contribution in [0.3, 0.4) is 0 Å². The van der Waals surface area contributed by atoms with E-state index < -0.39 is 5.69 Å². The number of carbonyl (C=O) groups is 2. The van der Waals surface area contributed by atoms with E-state index in [1.807, 2.05) is 13.8 Å². The van der Waals surface area contributed by atoms with Crippen LogP contribution in [0, 0.1) is 11.8 Å². The average Bonchev–Trinajstić information content (AvgIpc) is 3.60.